The Morgan fingerprint density at radius 2 is 1.61 bits per heavy atom. The van der Waals surface area contributed by atoms with Crippen LogP contribution in [0.25, 0.3) is 0 Å². The Hall–Kier alpha value is -2.87. The van der Waals surface area contributed by atoms with E-state index in [1.165, 1.54) is 0 Å². The number of carbonyl (C=O) groups is 2. The zero-order valence-corrected chi connectivity index (χ0v) is 12.8. The third kappa shape index (κ3) is 3.67. The van der Waals surface area contributed by atoms with Crippen molar-refractivity contribution in [1.82, 2.24) is 0 Å². The fourth-order valence-electron chi connectivity index (χ4n) is 1.98. The first kappa shape index (κ1) is 16.5. The summed E-state index contributed by atoms with van der Waals surface area (Å²) in [6.45, 7) is 1.79. The zero-order valence-electron chi connectivity index (χ0n) is 12.0. The van der Waals surface area contributed by atoms with E-state index in [1.54, 1.807) is 31.2 Å². The number of nitrogens with one attached hydrogen (secondary N) is 1. The van der Waals surface area contributed by atoms with Crippen LogP contribution in [-0.2, 0) is 10.0 Å². The topological polar surface area (TPSA) is 121 Å². The number of rotatable bonds is 5. The predicted octanol–water partition coefficient (Wildman–Crippen LogP) is 2.19. The fourth-order valence-corrected chi connectivity index (χ4v) is 3.05. The van der Waals surface area contributed by atoms with Crippen LogP contribution >= 0.6 is 0 Å². The Balaban J connectivity index is 2.46. The number of aryl methyl sites for hydroxylation is 1. The summed E-state index contributed by atoms with van der Waals surface area (Å²) >= 11 is 0. The first-order chi connectivity index (χ1) is 10.7. The Morgan fingerprint density at radius 1 is 0.957 bits per heavy atom. The first-order valence-corrected chi connectivity index (χ1v) is 7.89. The van der Waals surface area contributed by atoms with Crippen LogP contribution in [0.1, 0.15) is 26.3 Å². The van der Waals surface area contributed by atoms with Gasteiger partial charge >= 0.3 is 11.9 Å². The van der Waals surface area contributed by atoms with Gasteiger partial charge < -0.3 is 10.2 Å². The molecule has 0 unspecified atom stereocenters. The van der Waals surface area contributed by atoms with Crippen LogP contribution in [0.4, 0.5) is 5.69 Å². The molecule has 0 atom stereocenters. The summed E-state index contributed by atoms with van der Waals surface area (Å²) in [6, 6.07) is 9.45. The lowest BCUT2D eigenvalue weighted by Gasteiger charge is -2.10. The van der Waals surface area contributed by atoms with Crippen LogP contribution in [0.3, 0.4) is 0 Å². The average Bonchev–Trinajstić information content (AvgIpc) is 2.46. The van der Waals surface area contributed by atoms with Crippen molar-refractivity contribution in [2.75, 3.05) is 4.72 Å². The summed E-state index contributed by atoms with van der Waals surface area (Å²) in [7, 11) is -4.03. The van der Waals surface area contributed by atoms with Gasteiger partial charge in [-0.3, -0.25) is 4.72 Å². The van der Waals surface area contributed by atoms with E-state index in [2.05, 4.69) is 4.72 Å². The molecule has 0 amide bonds. The molecule has 0 aliphatic carbocycles. The summed E-state index contributed by atoms with van der Waals surface area (Å²) in [6.07, 6.45) is 0. The van der Waals surface area contributed by atoms with E-state index < -0.39 is 33.1 Å². The van der Waals surface area contributed by atoms with Gasteiger partial charge in [-0.05, 0) is 42.8 Å². The molecule has 2 aromatic carbocycles. The molecule has 23 heavy (non-hydrogen) atoms. The molecule has 0 spiro atoms. The maximum atomic E-state index is 12.3. The highest BCUT2D eigenvalue weighted by molar-refractivity contribution is 7.92. The number of sulfonamides is 1. The molecule has 0 heterocycles. The van der Waals surface area contributed by atoms with E-state index >= 15 is 0 Å². The van der Waals surface area contributed by atoms with E-state index in [4.69, 9.17) is 10.2 Å². The number of carboxylic acid groups (broad SMARTS) is 2. The second kappa shape index (κ2) is 6.09. The average molecular weight is 335 g/mol. The van der Waals surface area contributed by atoms with E-state index in [-0.39, 0.29) is 4.90 Å². The Morgan fingerprint density at radius 3 is 2.17 bits per heavy atom. The molecule has 8 heteroatoms. The summed E-state index contributed by atoms with van der Waals surface area (Å²) in [4.78, 5) is 21.8. The molecule has 2 aromatic rings. The lowest BCUT2D eigenvalue weighted by atomic mass is 10.1. The molecular weight excluding hydrogens is 322 g/mol. The quantitative estimate of drug-likeness (QED) is 0.770. The second-order valence-electron chi connectivity index (χ2n) is 4.79. The molecule has 0 aliphatic heterocycles. The summed E-state index contributed by atoms with van der Waals surface area (Å²) in [5.74, 6) is -2.96. The number of carboxylic acids is 2. The molecule has 2 rings (SSSR count). The molecular formula is C15H13NO6S. The SMILES string of the molecule is Cc1cccc(NS(=O)(=O)c2ccc(C(=O)O)c(C(=O)O)c2)c1. The number of benzene rings is 2. The van der Waals surface area contributed by atoms with Crippen molar-refractivity contribution >= 4 is 27.6 Å². The third-order valence-electron chi connectivity index (χ3n) is 3.03. The van der Waals surface area contributed by atoms with Crippen molar-refractivity contribution in [3.8, 4) is 0 Å². The highest BCUT2D eigenvalue weighted by atomic mass is 32.2. The largest absolute Gasteiger partial charge is 0.478 e. The van der Waals surface area contributed by atoms with Crippen LogP contribution in [0.5, 0.6) is 0 Å². The lowest BCUT2D eigenvalue weighted by Crippen LogP contribution is -2.15. The highest BCUT2D eigenvalue weighted by Gasteiger charge is 2.21. The molecule has 0 saturated heterocycles. The van der Waals surface area contributed by atoms with Crippen molar-refractivity contribution in [2.24, 2.45) is 0 Å². The minimum Gasteiger partial charge on any atom is -0.478 e. The van der Waals surface area contributed by atoms with Crippen LogP contribution < -0.4 is 4.72 Å². The van der Waals surface area contributed by atoms with Crippen molar-refractivity contribution in [1.29, 1.82) is 0 Å². The minimum absolute atomic E-state index is 0.323. The molecule has 0 bridgehead atoms. The number of anilines is 1. The number of aromatic carboxylic acids is 2. The highest BCUT2D eigenvalue weighted by Crippen LogP contribution is 2.20. The zero-order chi connectivity index (χ0) is 17.2. The molecule has 0 radical (unpaired) electrons. The van der Waals surface area contributed by atoms with Gasteiger partial charge in [-0.2, -0.15) is 0 Å². The number of hydrogen-bond acceptors (Lipinski definition) is 4. The maximum Gasteiger partial charge on any atom is 0.336 e. The monoisotopic (exact) mass is 335 g/mol. The van der Waals surface area contributed by atoms with Crippen molar-refractivity contribution in [3.63, 3.8) is 0 Å². The normalized spacial score (nSPS) is 11.0. The molecule has 0 saturated carbocycles. The van der Waals surface area contributed by atoms with Gasteiger partial charge in [0.05, 0.1) is 16.0 Å². The standard InChI is InChI=1S/C15H13NO6S/c1-9-3-2-4-10(7-9)16-23(21,22)11-5-6-12(14(17)18)13(8-11)15(19)20/h2-8,16H,1H3,(H,17,18)(H,19,20). The predicted molar refractivity (Wildman–Crippen MR) is 82.3 cm³/mol. The van der Waals surface area contributed by atoms with Crippen LogP contribution in [-0.4, -0.2) is 30.6 Å². The second-order valence-corrected chi connectivity index (χ2v) is 6.48. The van der Waals surface area contributed by atoms with E-state index in [1.807, 2.05) is 0 Å². The first-order valence-electron chi connectivity index (χ1n) is 6.41. The van der Waals surface area contributed by atoms with Gasteiger partial charge in [0.25, 0.3) is 10.0 Å². The summed E-state index contributed by atoms with van der Waals surface area (Å²) in [5.41, 5.74) is 0.0958. The fraction of sp³-hybridized carbons (Fsp3) is 0.0667. The van der Waals surface area contributed by atoms with Crippen LogP contribution in [0.15, 0.2) is 47.4 Å². The Bertz CT molecular complexity index is 889. The smallest absolute Gasteiger partial charge is 0.336 e. The van der Waals surface area contributed by atoms with E-state index in [9.17, 15) is 18.0 Å². The van der Waals surface area contributed by atoms with Gasteiger partial charge in [-0.25, -0.2) is 18.0 Å². The van der Waals surface area contributed by atoms with Crippen molar-refractivity contribution in [3.05, 3.63) is 59.2 Å². The molecule has 120 valence electrons. The van der Waals surface area contributed by atoms with Gasteiger partial charge in [-0.1, -0.05) is 12.1 Å². The van der Waals surface area contributed by atoms with E-state index in [0.717, 1.165) is 23.8 Å². The van der Waals surface area contributed by atoms with Crippen LogP contribution in [0.2, 0.25) is 0 Å². The Labute approximate surface area is 132 Å². The molecule has 7 nitrogen and oxygen atoms in total. The van der Waals surface area contributed by atoms with E-state index in [0.29, 0.717) is 5.69 Å². The molecule has 0 fully saturated rings. The molecule has 0 aromatic heterocycles. The minimum atomic E-state index is -4.03. The maximum absolute atomic E-state index is 12.3. The van der Waals surface area contributed by atoms with Gasteiger partial charge in [0.2, 0.25) is 0 Å². The Kier molecular flexibility index (Phi) is 4.37. The molecule has 3 N–H and O–H groups in total. The number of hydrogen-bond donors (Lipinski definition) is 3. The lowest BCUT2D eigenvalue weighted by molar-refractivity contribution is 0.0651. The van der Waals surface area contributed by atoms with Crippen LogP contribution in [0, 0.1) is 6.92 Å². The van der Waals surface area contributed by atoms with Crippen molar-refractivity contribution in [2.45, 2.75) is 11.8 Å². The van der Waals surface area contributed by atoms with Gasteiger partial charge in [0.15, 0.2) is 0 Å². The summed E-state index contributed by atoms with van der Waals surface area (Å²) < 4.78 is 27.0. The van der Waals surface area contributed by atoms with Gasteiger partial charge in [0, 0.05) is 5.69 Å². The van der Waals surface area contributed by atoms with Gasteiger partial charge in [0.1, 0.15) is 0 Å². The van der Waals surface area contributed by atoms with Crippen molar-refractivity contribution < 1.29 is 28.2 Å². The molecule has 0 aliphatic rings. The van der Waals surface area contributed by atoms with Gasteiger partial charge in [-0.15, -0.1) is 0 Å². The summed E-state index contributed by atoms with van der Waals surface area (Å²) in [5, 5.41) is 18.0. The third-order valence-corrected chi connectivity index (χ3v) is 4.41.